The number of hydrogen-bond acceptors (Lipinski definition) is 48. The third-order valence-electron chi connectivity index (χ3n) is 15.6. The number of hydrogen-bond donors (Lipinski definition) is 12. The smallest absolute Gasteiger partial charge is 0.518 e. The van der Waals surface area contributed by atoms with E-state index in [0.29, 0.717) is 31.2 Å². The largest absolute Gasteiger partial charge is 0.522 e. The minimum atomic E-state index is -5.39. The van der Waals surface area contributed by atoms with Crippen LogP contribution in [0.5, 0.6) is 6.01 Å². The van der Waals surface area contributed by atoms with Gasteiger partial charge in [-0.2, -0.15) is 46.5 Å². The first-order valence-electron chi connectivity index (χ1n) is 38.9. The Bertz CT molecular complexity index is 4470. The van der Waals surface area contributed by atoms with Crippen molar-refractivity contribution in [2.45, 2.75) is 310 Å². The second-order valence-electron chi connectivity index (χ2n) is 31.6. The minimum Gasteiger partial charge on any atom is -0.518 e. The van der Waals surface area contributed by atoms with E-state index < -0.39 is 250 Å². The molecule has 4 aromatic rings. The summed E-state index contributed by atoms with van der Waals surface area (Å²) >= 11 is 0. The number of carbonyl (C=O) groups is 8. The Morgan fingerprint density at radius 2 is 0.829 bits per heavy atom. The van der Waals surface area contributed by atoms with Gasteiger partial charge in [0.25, 0.3) is 0 Å². The quantitative estimate of drug-likeness (QED) is 0.0198. The molecule has 734 valence electrons. The van der Waals surface area contributed by atoms with E-state index in [1.165, 1.54) is 87.7 Å². The molecule has 20 atom stereocenters. The lowest BCUT2D eigenvalue weighted by atomic mass is 10.1. The van der Waals surface area contributed by atoms with Gasteiger partial charge in [0.2, 0.25) is 65.2 Å². The Kier molecular flexibility index (Phi) is 47.6. The molecule has 4 aromatic heterocycles. The number of esters is 8. The number of nitrogens with one attached hydrogen (secondary N) is 3. The van der Waals surface area contributed by atoms with Crippen LogP contribution in [0.1, 0.15) is 115 Å². The van der Waals surface area contributed by atoms with Crippen LogP contribution in [0.3, 0.4) is 0 Å². The molecular weight excluding hydrogens is 1830 g/mol. The molecule has 5 aliphatic heterocycles. The molecule has 5 fully saturated rings. The summed E-state index contributed by atoms with van der Waals surface area (Å²) in [5, 5.41) is 63.0. The van der Waals surface area contributed by atoms with E-state index in [-0.39, 0.29) is 25.3 Å². The van der Waals surface area contributed by atoms with Crippen molar-refractivity contribution in [3.63, 3.8) is 0 Å². The maximum Gasteiger partial charge on any atom is 0.522 e. The van der Waals surface area contributed by atoms with E-state index in [4.69, 9.17) is 98.3 Å². The van der Waals surface area contributed by atoms with Gasteiger partial charge in [-0.3, -0.25) is 52.5 Å². The Hall–Kier alpha value is -9.71. The van der Waals surface area contributed by atoms with Crippen molar-refractivity contribution < 1.29 is 166 Å². The zero-order chi connectivity index (χ0) is 98.4. The van der Waals surface area contributed by atoms with Gasteiger partial charge in [-0.05, 0) is 58.5 Å². The predicted octanol–water partition coefficient (Wildman–Crippen LogP) is -0.196. The fourth-order valence-electron chi connectivity index (χ4n) is 10.9. The molecule has 0 aliphatic carbocycles. The number of aromatic amines is 1. The fraction of sp³-hybridized carbons (Fsp3) is 0.714. The summed E-state index contributed by atoms with van der Waals surface area (Å²) in [4.78, 5) is 166. The Morgan fingerprint density at radius 3 is 1.16 bits per heavy atom. The molecule has 5 aliphatic rings. The summed E-state index contributed by atoms with van der Waals surface area (Å²) in [6.07, 6.45) is -12.9. The number of anilines is 4. The van der Waals surface area contributed by atoms with Crippen molar-refractivity contribution in [1.29, 1.82) is 0 Å². The molecular formula is C70H121F3N16O35SSi4. The Morgan fingerprint density at radius 1 is 0.465 bits per heavy atom. The maximum absolute atomic E-state index is 12.5. The molecule has 129 heavy (non-hydrogen) atoms. The van der Waals surface area contributed by atoms with Crippen LogP contribution >= 0.6 is 0 Å². The zero-order valence-corrected chi connectivity index (χ0v) is 79.4. The summed E-state index contributed by atoms with van der Waals surface area (Å²) in [5.41, 5.74) is 3.12. The number of H-pyrrole nitrogens is 1. The standard InChI is InChI=1S/C16H26N4O6Si.2C12H18O7.C9H20N4OSi2.C8H12N4O5.C5H10O5.C4H9F3O3SSi.C3H4N4O.CH4/c1-7-11-12(24-9(2)21)13(25-10(3)22)14(26-11)20-8-17-15(18-16(20)23)19-27(4,5)6;2*1-5-9-10(16-6(2)13)11(17-7(3)14)12(19-9)18-8(4)15;1-15(2,3)13-8-10-7-11-9(12-8)14-16(4,5)6;9-7-10-2-12(8(16)11-7)6-5(15)4(14)3(1-13)17-6;6-1-2-3(7)4(8)5(9)10-2;1-12(2,3)10-11(8,9)4(5,6)7;4-2-5-1-6-3(8)7-2;/h8,11-14H,7H2,1-6H3,(H,18,19,23);2*9-12H,5H2,1-4H3;7H,1-6H3,(H,10,11,12,13);2-6,13-15H,1H2,(H2,9,11,16);2-9H,1H2;1-3H3;1H,(H3,4,5,6,7,8);1H4/t11-,12+,13?,14-;2*9-,10+,11?,12?;;3-,4+,5?,6-;2-,3+,4?,5?;;;/m111.11.../s1. The number of carbonyl (C=O) groups excluding carboxylic acids is 8. The molecule has 51 nitrogen and oxygen atoms in total. The predicted molar refractivity (Wildman–Crippen MR) is 450 cm³/mol. The summed E-state index contributed by atoms with van der Waals surface area (Å²) in [6, 6.07) is 0.426. The Balaban J connectivity index is 0.000000752. The topological polar surface area (TPSA) is 720 Å². The van der Waals surface area contributed by atoms with E-state index in [0.717, 1.165) is 21.8 Å². The molecule has 0 radical (unpaired) electrons. The van der Waals surface area contributed by atoms with E-state index in [1.54, 1.807) is 0 Å². The van der Waals surface area contributed by atoms with E-state index in [1.807, 2.05) is 40.4 Å². The van der Waals surface area contributed by atoms with Gasteiger partial charge in [-0.25, -0.2) is 34.3 Å². The third-order valence-corrected chi connectivity index (χ3v) is 21.8. The van der Waals surface area contributed by atoms with Crippen LogP contribution in [0, 0.1) is 0 Å². The zero-order valence-electron chi connectivity index (χ0n) is 74.6. The van der Waals surface area contributed by atoms with Gasteiger partial charge in [0.1, 0.15) is 96.7 Å². The van der Waals surface area contributed by atoms with Crippen LogP contribution in [-0.4, -0.2) is 313 Å². The van der Waals surface area contributed by atoms with Gasteiger partial charge in [0.05, 0.1) is 13.2 Å². The number of halogens is 3. The molecule has 59 heteroatoms. The minimum absolute atomic E-state index is 0. The van der Waals surface area contributed by atoms with Crippen LogP contribution in [0.4, 0.5) is 37.0 Å². The average molecular weight is 1950 g/mol. The molecule has 0 aromatic carbocycles. The molecule has 0 saturated carbocycles. The normalized spacial score (nSPS) is 25.5. The van der Waals surface area contributed by atoms with Crippen molar-refractivity contribution in [3.8, 4) is 6.01 Å². The highest BCUT2D eigenvalue weighted by atomic mass is 32.2. The number of aliphatic hydroxyl groups is 7. The molecule has 8 unspecified atom stereocenters. The lowest BCUT2D eigenvalue weighted by molar-refractivity contribution is -0.195. The molecule has 0 bridgehead atoms. The molecule has 9 rings (SSSR count). The molecule has 0 amide bonds. The van der Waals surface area contributed by atoms with Crippen molar-refractivity contribution >= 4 is 115 Å². The highest BCUT2D eigenvalue weighted by Gasteiger charge is 2.54. The van der Waals surface area contributed by atoms with Crippen LogP contribution in [0.2, 0.25) is 78.6 Å². The fourth-order valence-corrected chi connectivity index (χ4v) is 16.1. The van der Waals surface area contributed by atoms with Gasteiger partial charge in [0, 0.05) is 55.4 Å². The van der Waals surface area contributed by atoms with Crippen LogP contribution in [-0.2, 0) is 114 Å². The van der Waals surface area contributed by atoms with Gasteiger partial charge in [-0.15, -0.1) is 0 Å². The van der Waals surface area contributed by atoms with Crippen LogP contribution in [0.15, 0.2) is 39.7 Å². The second kappa shape index (κ2) is 52.4. The monoisotopic (exact) mass is 1950 g/mol. The molecule has 14 N–H and O–H groups in total. The van der Waals surface area contributed by atoms with Crippen LogP contribution in [0.25, 0.3) is 0 Å². The number of rotatable bonds is 23. The van der Waals surface area contributed by atoms with Gasteiger partial charge in [-0.1, -0.05) is 67.5 Å². The summed E-state index contributed by atoms with van der Waals surface area (Å²) in [7, 11) is -12.9. The lowest BCUT2D eigenvalue weighted by Crippen LogP contribution is -2.41. The average Bonchev–Trinajstić information content (AvgIpc) is 1.60. The first-order chi connectivity index (χ1) is 58.8. The van der Waals surface area contributed by atoms with Gasteiger partial charge >= 0.3 is 86.5 Å². The number of nitrogens with two attached hydrogens (primary N) is 2. The van der Waals surface area contributed by atoms with Crippen molar-refractivity contribution in [2.24, 2.45) is 0 Å². The summed E-state index contributed by atoms with van der Waals surface area (Å²) < 4.78 is 135. The number of nitrogen functional groups attached to an aromatic ring is 2. The second-order valence-corrected chi connectivity index (χ2v) is 51.8. The number of aliphatic hydroxyl groups excluding tert-OH is 7. The number of ether oxygens (including phenoxy) is 13. The lowest BCUT2D eigenvalue weighted by Gasteiger charge is -2.24. The summed E-state index contributed by atoms with van der Waals surface area (Å²) in [6.45, 7) is 37.6. The molecule has 5 saturated heterocycles. The first-order valence-corrected chi connectivity index (χ1v) is 54.1. The molecule has 0 spiro atoms. The Labute approximate surface area is 743 Å². The van der Waals surface area contributed by atoms with Crippen molar-refractivity contribution in [2.75, 3.05) is 34.6 Å². The highest BCUT2D eigenvalue weighted by molar-refractivity contribution is 7.88. The highest BCUT2D eigenvalue weighted by Crippen LogP contribution is 2.36. The van der Waals surface area contributed by atoms with Crippen molar-refractivity contribution in [1.82, 2.24) is 59.0 Å². The van der Waals surface area contributed by atoms with E-state index >= 15 is 0 Å². The SMILES string of the molecule is C.CC[C@H]1OC(OC(C)=O)C(OC(C)=O)[C@H]1OC(C)=O.CC[C@H]1OC(OC(C)=O)C(OC(C)=O)[C@H]1OC(C)=O.CC[C@H]1O[C@@H](n2cnc(N[Si](C)(C)C)nc2=O)C(OC(C)=O)[C@H]1OC(C)=O.C[Si](C)(C)Nc1ncnc(O[Si](C)(C)C)n1.C[Si](C)(C)OS(=O)(=O)C(F)(F)F.Nc1ncn([C@@H]2O[C@H](CO)[C@H](O)C2O)c(=O)n1.Nc1ncnc(=O)[nH]1.OC[C@H]1OC(O)C(O)[C@H]1O. The number of nitrogens with zero attached hydrogens (tertiary/aromatic N) is 11. The maximum atomic E-state index is 12.5. The number of aromatic nitrogens is 12. The van der Waals surface area contributed by atoms with E-state index in [9.17, 15) is 84.5 Å². The number of alkyl halides is 3. The van der Waals surface area contributed by atoms with Crippen LogP contribution < -0.4 is 42.9 Å². The summed E-state index contributed by atoms with van der Waals surface area (Å²) in [5.74, 6) is -3.68. The van der Waals surface area contributed by atoms with Crippen molar-refractivity contribution in [3.05, 3.63) is 56.8 Å². The third kappa shape index (κ3) is 41.5. The molecule has 9 heterocycles. The van der Waals surface area contributed by atoms with Gasteiger partial charge in [0.15, 0.2) is 43.2 Å². The van der Waals surface area contributed by atoms with E-state index in [2.05, 4.69) is 108 Å². The van der Waals surface area contributed by atoms with Gasteiger partial charge < -0.3 is 127 Å². The first kappa shape index (κ1) is 117.